The van der Waals surface area contributed by atoms with Crippen molar-refractivity contribution in [2.75, 3.05) is 7.05 Å². The molecule has 0 atom stereocenters. The van der Waals surface area contributed by atoms with Gasteiger partial charge >= 0.3 is 0 Å². The van der Waals surface area contributed by atoms with E-state index in [2.05, 4.69) is 55.2 Å². The number of hydrogen-bond acceptors (Lipinski definition) is 7. The van der Waals surface area contributed by atoms with Gasteiger partial charge in [0.1, 0.15) is 6.33 Å². The molecular formula is C21H40N8. The zero-order valence-corrected chi connectivity index (χ0v) is 18.8. The van der Waals surface area contributed by atoms with E-state index in [9.17, 15) is 0 Å². The topological polar surface area (TPSA) is 143 Å². The quantitative estimate of drug-likeness (QED) is 0.496. The lowest BCUT2D eigenvalue weighted by atomic mass is 10.0. The van der Waals surface area contributed by atoms with Gasteiger partial charge in [-0.15, -0.1) is 5.10 Å². The molecule has 0 fully saturated rings. The molecule has 0 unspecified atom stereocenters. The molecule has 0 aliphatic carbocycles. The van der Waals surface area contributed by atoms with Gasteiger partial charge in [0.25, 0.3) is 0 Å². The molecule has 0 radical (unpaired) electrons. The standard InChI is InChI=1S/C16H24N6.C3H8.CH5N.CH3N/c1-3-5-6-13-14(8-7-12(18)9-10-17)19-11-22-16(13)20-15(4-2)21-22;1-3-2;2*1-2/h9-11,17H,3-8,18H2,1-2H3;3H2,1-2H3;2H2,1H3;2H,1H2/b12-9-,17-10?;;;. The van der Waals surface area contributed by atoms with E-state index in [0.29, 0.717) is 12.1 Å². The summed E-state index contributed by atoms with van der Waals surface area (Å²) in [6, 6.07) is 0. The van der Waals surface area contributed by atoms with Crippen molar-refractivity contribution in [2.24, 2.45) is 11.5 Å². The highest BCUT2D eigenvalue weighted by Crippen LogP contribution is 2.18. The van der Waals surface area contributed by atoms with E-state index in [-0.39, 0.29) is 0 Å². The monoisotopic (exact) mass is 404 g/mol. The molecule has 0 saturated heterocycles. The van der Waals surface area contributed by atoms with E-state index >= 15 is 0 Å². The Kier molecular flexibility index (Phi) is 18.5. The second kappa shape index (κ2) is 18.7. The van der Waals surface area contributed by atoms with Gasteiger partial charge in [-0.2, -0.15) is 0 Å². The minimum atomic E-state index is 0.701. The fourth-order valence-corrected chi connectivity index (χ4v) is 2.41. The van der Waals surface area contributed by atoms with E-state index < -0.39 is 0 Å². The van der Waals surface area contributed by atoms with Crippen LogP contribution in [0.5, 0.6) is 0 Å². The summed E-state index contributed by atoms with van der Waals surface area (Å²) in [7, 11) is 1.50. The first-order valence-electron chi connectivity index (χ1n) is 10.2. The lowest BCUT2D eigenvalue weighted by molar-refractivity contribution is 0.757. The number of hydrogen-bond donors (Lipinski definition) is 4. The SMILES string of the molecule is C=N.CCC.CCCCc1c(CC/C(N)=C/C=N)ncn2nc(CC)nc12.CN. The van der Waals surface area contributed by atoms with Crippen molar-refractivity contribution in [2.45, 2.75) is 72.6 Å². The fourth-order valence-electron chi connectivity index (χ4n) is 2.41. The smallest absolute Gasteiger partial charge is 0.162 e. The molecule has 0 aliphatic heterocycles. The number of allylic oxidation sites excluding steroid dienone is 2. The summed E-state index contributed by atoms with van der Waals surface area (Å²) in [5.74, 6) is 0.847. The van der Waals surface area contributed by atoms with E-state index in [1.54, 1.807) is 16.9 Å². The second-order valence-corrected chi connectivity index (χ2v) is 6.04. The van der Waals surface area contributed by atoms with Gasteiger partial charge in [0.2, 0.25) is 0 Å². The average Bonchev–Trinajstić information content (AvgIpc) is 3.18. The minimum Gasteiger partial charge on any atom is -0.402 e. The Hall–Kier alpha value is -2.61. The summed E-state index contributed by atoms with van der Waals surface area (Å²) in [4.78, 5) is 9.20. The third-order valence-electron chi connectivity index (χ3n) is 3.66. The molecule has 0 amide bonds. The van der Waals surface area contributed by atoms with Gasteiger partial charge in [0.15, 0.2) is 11.5 Å². The molecule has 0 saturated carbocycles. The Bertz CT molecular complexity index is 706. The van der Waals surface area contributed by atoms with Crippen LogP contribution < -0.4 is 11.5 Å². The van der Waals surface area contributed by atoms with E-state index in [0.717, 1.165) is 49.3 Å². The van der Waals surface area contributed by atoms with Crippen LogP contribution in [-0.4, -0.2) is 39.6 Å². The van der Waals surface area contributed by atoms with Crippen LogP contribution >= 0.6 is 0 Å². The first-order valence-corrected chi connectivity index (χ1v) is 10.2. The van der Waals surface area contributed by atoms with Crippen molar-refractivity contribution < 1.29 is 0 Å². The number of unbranched alkanes of at least 4 members (excludes halogenated alkanes) is 1. The van der Waals surface area contributed by atoms with Crippen LogP contribution in [0.25, 0.3) is 5.65 Å². The first kappa shape index (κ1) is 28.6. The molecule has 8 nitrogen and oxygen atoms in total. The predicted molar refractivity (Wildman–Crippen MR) is 124 cm³/mol. The van der Waals surface area contributed by atoms with Crippen molar-refractivity contribution in [3.05, 3.63) is 35.2 Å². The van der Waals surface area contributed by atoms with Crippen molar-refractivity contribution in [3.8, 4) is 0 Å². The van der Waals surface area contributed by atoms with E-state index in [1.807, 2.05) is 0 Å². The Balaban J connectivity index is 0. The first-order chi connectivity index (χ1) is 14.1. The molecule has 2 heterocycles. The highest BCUT2D eigenvalue weighted by molar-refractivity contribution is 5.68. The summed E-state index contributed by atoms with van der Waals surface area (Å²) in [5.41, 5.74) is 14.2. The molecule has 8 heteroatoms. The van der Waals surface area contributed by atoms with Crippen LogP contribution in [0.2, 0.25) is 0 Å². The molecule has 0 aliphatic rings. The Labute approximate surface area is 175 Å². The van der Waals surface area contributed by atoms with Gasteiger partial charge in [-0.05, 0) is 45.5 Å². The molecule has 0 aromatic carbocycles. The van der Waals surface area contributed by atoms with E-state index in [4.69, 9.17) is 16.6 Å². The van der Waals surface area contributed by atoms with Crippen molar-refractivity contribution in [1.82, 2.24) is 19.6 Å². The number of aryl methyl sites for hydroxylation is 3. The second-order valence-electron chi connectivity index (χ2n) is 6.04. The number of fused-ring (bicyclic) bond motifs is 1. The minimum absolute atomic E-state index is 0.701. The lowest BCUT2D eigenvalue weighted by Gasteiger charge is -2.09. The molecule has 2 aromatic heterocycles. The van der Waals surface area contributed by atoms with Gasteiger partial charge in [-0.25, -0.2) is 14.5 Å². The van der Waals surface area contributed by atoms with Crippen molar-refractivity contribution in [1.29, 1.82) is 10.8 Å². The van der Waals surface area contributed by atoms with Crippen LogP contribution in [-0.2, 0) is 19.3 Å². The summed E-state index contributed by atoms with van der Waals surface area (Å²) >= 11 is 0. The molecule has 0 bridgehead atoms. The number of nitrogens with one attached hydrogen (secondary N) is 2. The maximum atomic E-state index is 7.06. The number of rotatable bonds is 8. The van der Waals surface area contributed by atoms with Crippen molar-refractivity contribution in [3.63, 3.8) is 0 Å². The van der Waals surface area contributed by atoms with E-state index in [1.165, 1.54) is 25.2 Å². The Morgan fingerprint density at radius 2 is 1.79 bits per heavy atom. The van der Waals surface area contributed by atoms with Crippen LogP contribution in [0, 0.1) is 10.8 Å². The lowest BCUT2D eigenvalue weighted by Crippen LogP contribution is -2.07. The summed E-state index contributed by atoms with van der Waals surface area (Å²) in [6.07, 6.45) is 11.3. The number of nitrogens with two attached hydrogens (primary N) is 2. The highest BCUT2D eigenvalue weighted by Gasteiger charge is 2.13. The zero-order chi connectivity index (χ0) is 22.7. The van der Waals surface area contributed by atoms with Gasteiger partial charge < -0.3 is 22.3 Å². The summed E-state index contributed by atoms with van der Waals surface area (Å²) < 4.78 is 1.78. The maximum Gasteiger partial charge on any atom is 0.162 e. The zero-order valence-electron chi connectivity index (χ0n) is 18.8. The largest absolute Gasteiger partial charge is 0.402 e. The Morgan fingerprint density at radius 1 is 1.17 bits per heavy atom. The normalized spacial score (nSPS) is 10.1. The van der Waals surface area contributed by atoms with Gasteiger partial charge in [-0.1, -0.05) is 40.5 Å². The maximum absolute atomic E-state index is 7.06. The molecule has 6 N–H and O–H groups in total. The highest BCUT2D eigenvalue weighted by atomic mass is 15.3. The van der Waals surface area contributed by atoms with Gasteiger partial charge in [0.05, 0.1) is 0 Å². The average molecular weight is 405 g/mol. The van der Waals surface area contributed by atoms with Crippen LogP contribution in [0.3, 0.4) is 0 Å². The summed E-state index contributed by atoms with van der Waals surface area (Å²) in [5, 5.41) is 17.0. The fraction of sp³-hybridized carbons (Fsp3) is 0.571. The van der Waals surface area contributed by atoms with Gasteiger partial charge in [0, 0.05) is 29.6 Å². The third kappa shape index (κ3) is 10.5. The summed E-state index contributed by atoms with van der Waals surface area (Å²) in [6.45, 7) is 11.0. The molecular weight excluding hydrogens is 364 g/mol. The molecule has 2 aromatic rings. The third-order valence-corrected chi connectivity index (χ3v) is 3.66. The number of nitrogens with zero attached hydrogens (tertiary/aromatic N) is 4. The predicted octanol–water partition coefficient (Wildman–Crippen LogP) is 3.71. The van der Waals surface area contributed by atoms with Gasteiger partial charge in [-0.3, -0.25) is 0 Å². The molecule has 0 spiro atoms. The molecule has 164 valence electrons. The number of aromatic nitrogens is 4. The Morgan fingerprint density at radius 3 is 2.31 bits per heavy atom. The van der Waals surface area contributed by atoms with Crippen molar-refractivity contribution >= 4 is 18.6 Å². The molecule has 29 heavy (non-hydrogen) atoms. The van der Waals surface area contributed by atoms with Crippen LogP contribution in [0.1, 0.15) is 70.5 Å². The van der Waals surface area contributed by atoms with Crippen LogP contribution in [0.4, 0.5) is 0 Å². The molecule has 2 rings (SSSR count). The van der Waals surface area contributed by atoms with Crippen LogP contribution in [0.15, 0.2) is 18.1 Å².